The normalized spacial score (nSPS) is 27.0. The zero-order chi connectivity index (χ0) is 8.81. The van der Waals surface area contributed by atoms with Crippen LogP contribution in [0.5, 0.6) is 0 Å². The number of rotatable bonds is 4. The Bertz CT molecular complexity index is 115. The smallest absolute Gasteiger partial charge is 0.0958 e. The lowest BCUT2D eigenvalue weighted by molar-refractivity contribution is -0.0814. The lowest BCUT2D eigenvalue weighted by atomic mass is 10.2. The average Bonchev–Trinajstić information content (AvgIpc) is 2.15. The van der Waals surface area contributed by atoms with Gasteiger partial charge in [0.05, 0.1) is 32.0 Å². The van der Waals surface area contributed by atoms with Crippen LogP contribution in [-0.4, -0.2) is 50.2 Å². The second-order valence-corrected chi connectivity index (χ2v) is 2.91. The summed E-state index contributed by atoms with van der Waals surface area (Å²) in [7, 11) is 0. The number of aliphatic hydroxyl groups is 1. The maximum absolute atomic E-state index is 8.53. The first-order chi connectivity index (χ1) is 5.84. The van der Waals surface area contributed by atoms with E-state index < -0.39 is 0 Å². The summed E-state index contributed by atoms with van der Waals surface area (Å²) in [6.45, 7) is 4.94. The minimum Gasteiger partial charge on any atom is -0.394 e. The first-order valence-electron chi connectivity index (χ1n) is 4.39. The number of nitrogens with one attached hydrogen (secondary N) is 1. The second kappa shape index (κ2) is 5.48. The molecule has 0 bridgehead atoms. The molecule has 0 radical (unpaired) electrons. The third-order valence-electron chi connectivity index (χ3n) is 1.95. The molecule has 1 heterocycles. The van der Waals surface area contributed by atoms with Gasteiger partial charge >= 0.3 is 0 Å². The maximum Gasteiger partial charge on any atom is 0.0958 e. The summed E-state index contributed by atoms with van der Waals surface area (Å²) in [5.41, 5.74) is 0. The Morgan fingerprint density at radius 1 is 1.75 bits per heavy atom. The van der Waals surface area contributed by atoms with Crippen molar-refractivity contribution in [3.8, 4) is 0 Å². The van der Waals surface area contributed by atoms with Crippen LogP contribution in [0.4, 0.5) is 0 Å². The van der Waals surface area contributed by atoms with Crippen LogP contribution in [0, 0.1) is 0 Å². The Morgan fingerprint density at radius 3 is 3.17 bits per heavy atom. The highest BCUT2D eigenvalue weighted by molar-refractivity contribution is 4.72. The highest BCUT2D eigenvalue weighted by atomic mass is 16.5. The molecule has 2 unspecified atom stereocenters. The molecular weight excluding hydrogens is 158 g/mol. The van der Waals surface area contributed by atoms with Crippen molar-refractivity contribution in [1.82, 2.24) is 5.32 Å². The van der Waals surface area contributed by atoms with Gasteiger partial charge in [-0.3, -0.25) is 0 Å². The van der Waals surface area contributed by atoms with E-state index in [4.69, 9.17) is 14.6 Å². The zero-order valence-electron chi connectivity index (χ0n) is 7.45. The largest absolute Gasteiger partial charge is 0.394 e. The van der Waals surface area contributed by atoms with E-state index in [1.807, 2.05) is 6.92 Å². The fourth-order valence-electron chi connectivity index (χ4n) is 1.23. The van der Waals surface area contributed by atoms with E-state index in [2.05, 4.69) is 5.32 Å². The summed E-state index contributed by atoms with van der Waals surface area (Å²) in [6.07, 6.45) is 0.190. The van der Waals surface area contributed by atoms with Crippen LogP contribution >= 0.6 is 0 Å². The van der Waals surface area contributed by atoms with Crippen molar-refractivity contribution in [2.45, 2.75) is 19.1 Å². The standard InChI is InChI=1S/C8H17NO3/c1-7(11-5-3-10)8-6-9-2-4-12-8/h7-10H,2-6H2,1H3. The van der Waals surface area contributed by atoms with Gasteiger partial charge in [0.1, 0.15) is 0 Å². The van der Waals surface area contributed by atoms with Gasteiger partial charge < -0.3 is 19.9 Å². The Hall–Kier alpha value is -0.160. The summed E-state index contributed by atoms with van der Waals surface area (Å²) in [5.74, 6) is 0. The van der Waals surface area contributed by atoms with Crippen LogP contribution < -0.4 is 5.32 Å². The van der Waals surface area contributed by atoms with Gasteiger partial charge in [-0.1, -0.05) is 0 Å². The van der Waals surface area contributed by atoms with Crippen molar-refractivity contribution in [3.05, 3.63) is 0 Å². The fraction of sp³-hybridized carbons (Fsp3) is 1.00. The summed E-state index contributed by atoms with van der Waals surface area (Å²) in [6, 6.07) is 0. The third-order valence-corrected chi connectivity index (χ3v) is 1.95. The molecule has 1 fully saturated rings. The van der Waals surface area contributed by atoms with E-state index in [1.54, 1.807) is 0 Å². The van der Waals surface area contributed by atoms with E-state index in [9.17, 15) is 0 Å². The number of ether oxygens (including phenoxy) is 2. The molecule has 0 aromatic heterocycles. The minimum atomic E-state index is 0.0601. The molecule has 1 aliphatic heterocycles. The van der Waals surface area contributed by atoms with Crippen LogP contribution in [0.1, 0.15) is 6.92 Å². The molecule has 0 amide bonds. The summed E-state index contributed by atoms with van der Waals surface area (Å²) in [4.78, 5) is 0. The summed E-state index contributed by atoms with van der Waals surface area (Å²) in [5, 5.41) is 11.8. The molecule has 12 heavy (non-hydrogen) atoms. The van der Waals surface area contributed by atoms with Gasteiger partial charge in [0.25, 0.3) is 0 Å². The molecule has 0 spiro atoms. The van der Waals surface area contributed by atoms with E-state index in [1.165, 1.54) is 0 Å². The van der Waals surface area contributed by atoms with Gasteiger partial charge in [0.15, 0.2) is 0 Å². The maximum atomic E-state index is 8.53. The average molecular weight is 175 g/mol. The summed E-state index contributed by atoms with van der Waals surface area (Å²) < 4.78 is 10.8. The van der Waals surface area contributed by atoms with Gasteiger partial charge in [-0.2, -0.15) is 0 Å². The highest BCUT2D eigenvalue weighted by Crippen LogP contribution is 2.05. The Balaban J connectivity index is 2.15. The van der Waals surface area contributed by atoms with Gasteiger partial charge in [-0.25, -0.2) is 0 Å². The number of hydrogen-bond donors (Lipinski definition) is 2. The van der Waals surface area contributed by atoms with Crippen LogP contribution in [0.15, 0.2) is 0 Å². The van der Waals surface area contributed by atoms with E-state index in [0.29, 0.717) is 6.61 Å². The van der Waals surface area contributed by atoms with Crippen LogP contribution in [0.2, 0.25) is 0 Å². The second-order valence-electron chi connectivity index (χ2n) is 2.91. The summed E-state index contributed by atoms with van der Waals surface area (Å²) >= 11 is 0. The number of aliphatic hydroxyl groups excluding tert-OH is 1. The predicted molar refractivity (Wildman–Crippen MR) is 45.1 cm³/mol. The van der Waals surface area contributed by atoms with Gasteiger partial charge in [0.2, 0.25) is 0 Å². The highest BCUT2D eigenvalue weighted by Gasteiger charge is 2.20. The van der Waals surface area contributed by atoms with Gasteiger partial charge in [-0.15, -0.1) is 0 Å². The molecule has 1 saturated heterocycles. The molecule has 1 aliphatic rings. The molecule has 4 nitrogen and oxygen atoms in total. The Kier molecular flexibility index (Phi) is 4.53. The van der Waals surface area contributed by atoms with Crippen molar-refractivity contribution in [3.63, 3.8) is 0 Å². The molecule has 2 N–H and O–H groups in total. The molecule has 0 saturated carbocycles. The lowest BCUT2D eigenvalue weighted by Crippen LogP contribution is -2.45. The van der Waals surface area contributed by atoms with Crippen LogP contribution in [0.3, 0.4) is 0 Å². The van der Waals surface area contributed by atoms with Gasteiger partial charge in [-0.05, 0) is 6.92 Å². The number of hydrogen-bond acceptors (Lipinski definition) is 4. The molecule has 0 aliphatic carbocycles. The first-order valence-corrected chi connectivity index (χ1v) is 4.39. The fourth-order valence-corrected chi connectivity index (χ4v) is 1.23. The zero-order valence-corrected chi connectivity index (χ0v) is 7.45. The van der Waals surface area contributed by atoms with E-state index in [-0.39, 0.29) is 18.8 Å². The molecule has 4 heteroatoms. The van der Waals surface area contributed by atoms with Crippen molar-refractivity contribution < 1.29 is 14.6 Å². The van der Waals surface area contributed by atoms with Crippen molar-refractivity contribution in [2.24, 2.45) is 0 Å². The van der Waals surface area contributed by atoms with Crippen LogP contribution in [0.25, 0.3) is 0 Å². The first kappa shape index (κ1) is 9.92. The van der Waals surface area contributed by atoms with Gasteiger partial charge in [0, 0.05) is 13.1 Å². The van der Waals surface area contributed by atoms with Crippen molar-refractivity contribution in [1.29, 1.82) is 0 Å². The third kappa shape index (κ3) is 3.06. The SMILES string of the molecule is CC(OCCO)C1CNCCO1. The number of morpholine rings is 1. The van der Waals surface area contributed by atoms with E-state index in [0.717, 1.165) is 19.7 Å². The Morgan fingerprint density at radius 2 is 2.58 bits per heavy atom. The minimum absolute atomic E-state index is 0.0601. The molecule has 0 aromatic carbocycles. The Labute approximate surface area is 72.9 Å². The predicted octanol–water partition coefficient (Wildman–Crippen LogP) is -0.628. The molecule has 72 valence electrons. The quantitative estimate of drug-likeness (QED) is 0.597. The van der Waals surface area contributed by atoms with Crippen LogP contribution in [-0.2, 0) is 9.47 Å². The topological polar surface area (TPSA) is 50.7 Å². The lowest BCUT2D eigenvalue weighted by Gasteiger charge is -2.28. The molecule has 1 rings (SSSR count). The monoisotopic (exact) mass is 175 g/mol. The van der Waals surface area contributed by atoms with E-state index >= 15 is 0 Å². The van der Waals surface area contributed by atoms with Crippen molar-refractivity contribution >= 4 is 0 Å². The molecular formula is C8H17NO3. The molecule has 2 atom stereocenters. The molecule has 0 aromatic rings. The van der Waals surface area contributed by atoms with Crippen molar-refractivity contribution in [2.75, 3.05) is 32.9 Å².